The van der Waals surface area contributed by atoms with Gasteiger partial charge in [-0.1, -0.05) is 12.1 Å². The predicted octanol–water partition coefficient (Wildman–Crippen LogP) is 3.52. The van der Waals surface area contributed by atoms with Gasteiger partial charge >= 0.3 is 0 Å². The second-order valence-electron chi connectivity index (χ2n) is 6.83. The van der Waals surface area contributed by atoms with Crippen molar-refractivity contribution in [2.24, 2.45) is 0 Å². The number of para-hydroxylation sites is 1. The Kier molecular flexibility index (Phi) is 5.12. The highest BCUT2D eigenvalue weighted by Crippen LogP contribution is 2.39. The molecule has 0 saturated heterocycles. The summed E-state index contributed by atoms with van der Waals surface area (Å²) in [4.78, 5) is 13.1. The molecular formula is C22H23N3O4. The van der Waals surface area contributed by atoms with Gasteiger partial charge in [-0.2, -0.15) is 5.10 Å². The van der Waals surface area contributed by atoms with Crippen molar-refractivity contribution >= 4 is 5.91 Å². The van der Waals surface area contributed by atoms with Crippen molar-refractivity contribution in [1.29, 1.82) is 0 Å². The van der Waals surface area contributed by atoms with Crippen molar-refractivity contribution in [3.8, 4) is 28.5 Å². The first-order valence-electron chi connectivity index (χ1n) is 9.38. The third-order valence-electron chi connectivity index (χ3n) is 5.29. The number of hydrogen-bond acceptors (Lipinski definition) is 5. The zero-order chi connectivity index (χ0) is 20.4. The first kappa shape index (κ1) is 18.9. The fraction of sp³-hybridized carbons (Fsp3) is 0.273. The first-order valence-corrected chi connectivity index (χ1v) is 9.38. The largest absolute Gasteiger partial charge is 0.496 e. The van der Waals surface area contributed by atoms with Gasteiger partial charge in [-0.15, -0.1) is 0 Å². The summed E-state index contributed by atoms with van der Waals surface area (Å²) < 4.78 is 16.2. The van der Waals surface area contributed by atoms with Crippen molar-refractivity contribution in [2.75, 3.05) is 21.3 Å². The van der Waals surface area contributed by atoms with Crippen LogP contribution in [0.3, 0.4) is 0 Å². The van der Waals surface area contributed by atoms with Crippen molar-refractivity contribution in [3.05, 3.63) is 59.3 Å². The van der Waals surface area contributed by atoms with E-state index in [1.807, 2.05) is 36.4 Å². The molecule has 2 N–H and O–H groups in total. The van der Waals surface area contributed by atoms with Gasteiger partial charge < -0.3 is 19.5 Å². The minimum atomic E-state index is -0.188. The lowest BCUT2D eigenvalue weighted by Gasteiger charge is -2.16. The number of aryl methyl sites for hydroxylation is 1. The molecule has 0 saturated carbocycles. The van der Waals surface area contributed by atoms with Gasteiger partial charge in [-0.05, 0) is 48.2 Å². The molecule has 3 aromatic rings. The van der Waals surface area contributed by atoms with Gasteiger partial charge in [-0.3, -0.25) is 9.89 Å². The van der Waals surface area contributed by atoms with Gasteiger partial charge in [0.25, 0.3) is 5.91 Å². The minimum Gasteiger partial charge on any atom is -0.496 e. The predicted molar refractivity (Wildman–Crippen MR) is 109 cm³/mol. The second kappa shape index (κ2) is 7.87. The van der Waals surface area contributed by atoms with Crippen molar-refractivity contribution in [1.82, 2.24) is 15.5 Å². The number of H-pyrrole nitrogens is 1. The molecule has 1 amide bonds. The molecule has 7 nitrogen and oxygen atoms in total. The quantitative estimate of drug-likeness (QED) is 0.669. The minimum absolute atomic E-state index is 0.0993. The zero-order valence-corrected chi connectivity index (χ0v) is 16.6. The molecule has 7 heteroatoms. The maximum atomic E-state index is 13.1. The molecule has 2 aromatic carbocycles. The summed E-state index contributed by atoms with van der Waals surface area (Å²) >= 11 is 0. The molecule has 0 spiro atoms. The molecule has 29 heavy (non-hydrogen) atoms. The van der Waals surface area contributed by atoms with Crippen molar-refractivity contribution < 1.29 is 19.0 Å². The van der Waals surface area contributed by atoms with Gasteiger partial charge in [0.15, 0.2) is 11.5 Å². The van der Waals surface area contributed by atoms with Crippen LogP contribution in [0.5, 0.6) is 17.2 Å². The number of amides is 1. The van der Waals surface area contributed by atoms with Gasteiger partial charge in [0.1, 0.15) is 5.75 Å². The smallest absolute Gasteiger partial charge is 0.255 e. The van der Waals surface area contributed by atoms with Gasteiger partial charge in [-0.25, -0.2) is 0 Å². The van der Waals surface area contributed by atoms with E-state index >= 15 is 0 Å². The zero-order valence-electron chi connectivity index (χ0n) is 16.6. The fourth-order valence-corrected chi connectivity index (χ4v) is 3.83. The number of fused-ring (bicyclic) bond motifs is 1. The molecule has 1 atom stereocenters. The van der Waals surface area contributed by atoms with E-state index in [0.29, 0.717) is 28.5 Å². The van der Waals surface area contributed by atoms with Crippen LogP contribution in [0, 0.1) is 0 Å². The number of methoxy groups -OCH3 is 3. The molecule has 1 heterocycles. The van der Waals surface area contributed by atoms with E-state index in [-0.39, 0.29) is 11.9 Å². The number of ether oxygens (including phenoxy) is 3. The molecule has 1 aromatic heterocycles. The number of rotatable bonds is 6. The van der Waals surface area contributed by atoms with Crippen LogP contribution in [0.15, 0.2) is 42.6 Å². The summed E-state index contributed by atoms with van der Waals surface area (Å²) in [5.74, 6) is 1.85. The highest BCUT2D eigenvalue weighted by molar-refractivity contribution is 6.00. The Hall–Kier alpha value is -3.48. The monoisotopic (exact) mass is 393 g/mol. The summed E-state index contributed by atoms with van der Waals surface area (Å²) in [5.41, 5.74) is 4.10. The van der Waals surface area contributed by atoms with E-state index < -0.39 is 0 Å². The molecule has 0 fully saturated rings. The maximum Gasteiger partial charge on any atom is 0.255 e. The highest BCUT2D eigenvalue weighted by Gasteiger charge is 2.28. The van der Waals surface area contributed by atoms with Crippen LogP contribution in [-0.4, -0.2) is 37.4 Å². The Morgan fingerprint density at radius 1 is 1.07 bits per heavy atom. The Morgan fingerprint density at radius 2 is 1.79 bits per heavy atom. The SMILES string of the molecule is COc1cc2c(cc1OC)[C@@H](NC(=O)c1cn[nH]c1-c1ccccc1OC)CC2. The molecule has 0 unspecified atom stereocenters. The summed E-state index contributed by atoms with van der Waals surface area (Å²) in [7, 11) is 4.83. The van der Waals surface area contributed by atoms with Crippen LogP contribution in [-0.2, 0) is 6.42 Å². The fourth-order valence-electron chi connectivity index (χ4n) is 3.83. The van der Waals surface area contributed by atoms with E-state index in [9.17, 15) is 4.79 Å². The number of nitrogens with one attached hydrogen (secondary N) is 2. The number of hydrogen-bond donors (Lipinski definition) is 2. The molecule has 1 aliphatic carbocycles. The van der Waals surface area contributed by atoms with Crippen LogP contribution < -0.4 is 19.5 Å². The molecule has 4 rings (SSSR count). The average Bonchev–Trinajstić information content (AvgIpc) is 3.39. The lowest BCUT2D eigenvalue weighted by molar-refractivity contribution is 0.0937. The van der Waals surface area contributed by atoms with E-state index in [4.69, 9.17) is 14.2 Å². The number of nitrogens with zero attached hydrogens (tertiary/aromatic N) is 1. The summed E-state index contributed by atoms with van der Waals surface area (Å²) in [6.07, 6.45) is 3.23. The highest BCUT2D eigenvalue weighted by atomic mass is 16.5. The van der Waals surface area contributed by atoms with Gasteiger partial charge in [0.2, 0.25) is 0 Å². The van der Waals surface area contributed by atoms with Crippen LogP contribution in [0.2, 0.25) is 0 Å². The molecule has 1 aliphatic rings. The number of benzene rings is 2. The topological polar surface area (TPSA) is 85.5 Å². The normalized spacial score (nSPS) is 14.9. The Bertz CT molecular complexity index is 1040. The van der Waals surface area contributed by atoms with E-state index in [1.165, 1.54) is 0 Å². The third kappa shape index (κ3) is 3.40. The van der Waals surface area contributed by atoms with Crippen LogP contribution in [0.1, 0.15) is 33.9 Å². The number of aromatic nitrogens is 2. The molecule has 0 radical (unpaired) electrons. The molecule has 150 valence electrons. The Morgan fingerprint density at radius 3 is 2.55 bits per heavy atom. The van der Waals surface area contributed by atoms with E-state index in [1.54, 1.807) is 27.5 Å². The molecule has 0 bridgehead atoms. The summed E-state index contributed by atoms with van der Waals surface area (Å²) in [5, 5.41) is 10.2. The lowest BCUT2D eigenvalue weighted by atomic mass is 10.0. The van der Waals surface area contributed by atoms with Gasteiger partial charge in [0.05, 0.1) is 44.8 Å². The summed E-state index contributed by atoms with van der Waals surface area (Å²) in [6, 6.07) is 11.4. The number of carbonyl (C=O) groups excluding carboxylic acids is 1. The lowest BCUT2D eigenvalue weighted by Crippen LogP contribution is -2.27. The second-order valence-corrected chi connectivity index (χ2v) is 6.83. The van der Waals surface area contributed by atoms with Crippen LogP contribution in [0.25, 0.3) is 11.3 Å². The standard InChI is InChI=1S/C22H23N3O4/c1-27-18-7-5-4-6-14(18)21-16(12-23-25-21)22(26)24-17-9-8-13-10-19(28-2)20(29-3)11-15(13)17/h4-7,10-12,17H,8-9H2,1-3H3,(H,23,25)(H,24,26)/t17-/m0/s1. The van der Waals surface area contributed by atoms with Gasteiger partial charge in [0, 0.05) is 5.56 Å². The van der Waals surface area contributed by atoms with E-state index in [2.05, 4.69) is 15.5 Å². The number of aromatic amines is 1. The van der Waals surface area contributed by atoms with Crippen molar-refractivity contribution in [2.45, 2.75) is 18.9 Å². The van der Waals surface area contributed by atoms with Crippen molar-refractivity contribution in [3.63, 3.8) is 0 Å². The van der Waals surface area contributed by atoms with Crippen LogP contribution in [0.4, 0.5) is 0 Å². The Balaban J connectivity index is 1.61. The third-order valence-corrected chi connectivity index (χ3v) is 5.29. The summed E-state index contributed by atoms with van der Waals surface area (Å²) in [6.45, 7) is 0. The average molecular weight is 393 g/mol. The first-order chi connectivity index (χ1) is 14.2. The molecular weight excluding hydrogens is 370 g/mol. The van der Waals surface area contributed by atoms with Crippen LogP contribution >= 0.6 is 0 Å². The van der Waals surface area contributed by atoms with E-state index in [0.717, 1.165) is 29.5 Å². The maximum absolute atomic E-state index is 13.1. The molecule has 0 aliphatic heterocycles. The number of carbonyl (C=O) groups is 1. The Labute approximate surface area is 169 Å².